The summed E-state index contributed by atoms with van der Waals surface area (Å²) in [4.78, 5) is 2.14. The molecule has 0 rings (SSSR count). The van der Waals surface area contributed by atoms with Gasteiger partial charge in [0.05, 0.1) is 19.0 Å². The van der Waals surface area contributed by atoms with Crippen LogP contribution in [0.4, 0.5) is 0 Å². The highest BCUT2D eigenvalue weighted by molar-refractivity contribution is 7.89. The van der Waals surface area contributed by atoms with Crippen LogP contribution >= 0.6 is 0 Å². The molecule has 0 atom stereocenters. The summed E-state index contributed by atoms with van der Waals surface area (Å²) >= 11 is 0. The van der Waals surface area contributed by atoms with Gasteiger partial charge in [0.25, 0.3) is 0 Å². The summed E-state index contributed by atoms with van der Waals surface area (Å²) in [6, 6.07) is 0. The fourth-order valence-electron chi connectivity index (χ4n) is 1.50. The van der Waals surface area contributed by atoms with Gasteiger partial charge in [0.1, 0.15) is 0 Å². The molecule has 0 saturated heterocycles. The molecule has 0 bridgehead atoms. The zero-order valence-electron chi connectivity index (χ0n) is 11.4. The molecule has 0 aromatic heterocycles. The van der Waals surface area contributed by atoms with Gasteiger partial charge >= 0.3 is 0 Å². The van der Waals surface area contributed by atoms with E-state index in [2.05, 4.69) is 4.90 Å². The maximum atomic E-state index is 10.8. The summed E-state index contributed by atoms with van der Waals surface area (Å²) in [7, 11) is -3.36. The van der Waals surface area contributed by atoms with Crippen molar-refractivity contribution in [2.45, 2.75) is 20.3 Å². The van der Waals surface area contributed by atoms with E-state index < -0.39 is 10.0 Å². The minimum Gasteiger partial charge on any atom is -0.380 e. The zero-order chi connectivity index (χ0) is 13.9. The third-order valence-electron chi connectivity index (χ3n) is 2.42. The second kappa shape index (κ2) is 10.7. The van der Waals surface area contributed by atoms with Crippen LogP contribution in [0.15, 0.2) is 0 Å². The number of rotatable bonds is 12. The molecular weight excluding hydrogens is 256 g/mol. The zero-order valence-corrected chi connectivity index (χ0v) is 12.2. The van der Waals surface area contributed by atoms with E-state index in [0.29, 0.717) is 39.4 Å². The molecule has 0 radical (unpaired) electrons. The second-order valence-electron chi connectivity index (χ2n) is 3.96. The normalized spacial score (nSPS) is 12.2. The van der Waals surface area contributed by atoms with Crippen molar-refractivity contribution in [3.05, 3.63) is 0 Å². The molecule has 110 valence electrons. The van der Waals surface area contributed by atoms with Crippen molar-refractivity contribution < 1.29 is 17.9 Å². The quantitative estimate of drug-likeness (QED) is 0.511. The van der Waals surface area contributed by atoms with Crippen molar-refractivity contribution >= 4 is 10.0 Å². The van der Waals surface area contributed by atoms with E-state index in [4.69, 9.17) is 14.6 Å². The van der Waals surface area contributed by atoms with Crippen LogP contribution in [0.25, 0.3) is 0 Å². The molecule has 0 saturated carbocycles. The number of hydrogen-bond acceptors (Lipinski definition) is 5. The van der Waals surface area contributed by atoms with Crippen molar-refractivity contribution in [3.63, 3.8) is 0 Å². The van der Waals surface area contributed by atoms with Crippen LogP contribution in [0.2, 0.25) is 0 Å². The van der Waals surface area contributed by atoms with Gasteiger partial charge in [-0.05, 0) is 26.8 Å². The van der Waals surface area contributed by atoms with Crippen LogP contribution in [0.3, 0.4) is 0 Å². The van der Waals surface area contributed by atoms with Crippen molar-refractivity contribution in [3.8, 4) is 0 Å². The average Bonchev–Trinajstić information content (AvgIpc) is 2.27. The van der Waals surface area contributed by atoms with E-state index >= 15 is 0 Å². The van der Waals surface area contributed by atoms with Crippen LogP contribution < -0.4 is 5.14 Å². The molecule has 7 heteroatoms. The Morgan fingerprint density at radius 1 is 1.00 bits per heavy atom. The van der Waals surface area contributed by atoms with E-state index in [9.17, 15) is 8.42 Å². The Kier molecular flexibility index (Phi) is 10.6. The van der Waals surface area contributed by atoms with Crippen molar-refractivity contribution in [1.29, 1.82) is 0 Å². The first-order valence-electron chi connectivity index (χ1n) is 6.38. The van der Waals surface area contributed by atoms with Gasteiger partial charge in [-0.1, -0.05) is 0 Å². The molecule has 0 spiro atoms. The van der Waals surface area contributed by atoms with Crippen LogP contribution in [0.5, 0.6) is 0 Å². The van der Waals surface area contributed by atoms with E-state index in [0.717, 1.165) is 13.1 Å². The van der Waals surface area contributed by atoms with E-state index in [-0.39, 0.29) is 5.75 Å². The van der Waals surface area contributed by atoms with Gasteiger partial charge in [0, 0.05) is 26.3 Å². The Morgan fingerprint density at radius 3 is 1.89 bits per heavy atom. The smallest absolute Gasteiger partial charge is 0.209 e. The summed E-state index contributed by atoms with van der Waals surface area (Å²) in [6.07, 6.45) is 0.539. The monoisotopic (exact) mass is 282 g/mol. The molecule has 2 N–H and O–H groups in total. The Labute approximate surface area is 110 Å². The number of nitrogens with zero attached hydrogens (tertiary/aromatic N) is 1. The van der Waals surface area contributed by atoms with Gasteiger partial charge in [-0.25, -0.2) is 13.6 Å². The first-order valence-corrected chi connectivity index (χ1v) is 8.09. The first-order chi connectivity index (χ1) is 8.49. The highest BCUT2D eigenvalue weighted by atomic mass is 32.2. The molecular formula is C11H26N2O4S. The molecule has 0 aliphatic rings. The maximum Gasteiger partial charge on any atom is 0.209 e. The fraction of sp³-hybridized carbons (Fsp3) is 1.00. The standard InChI is InChI=1S/C11H26N2O4S/c1-3-16-9-7-13(8-10-17-4-2)6-5-11-18(12,14)15/h3-11H2,1-2H3,(H2,12,14,15). The van der Waals surface area contributed by atoms with Crippen molar-refractivity contribution in [1.82, 2.24) is 4.90 Å². The largest absolute Gasteiger partial charge is 0.380 e. The lowest BCUT2D eigenvalue weighted by Crippen LogP contribution is -2.33. The number of sulfonamides is 1. The van der Waals surface area contributed by atoms with Crippen molar-refractivity contribution in [2.24, 2.45) is 5.14 Å². The minimum absolute atomic E-state index is 0.0206. The SMILES string of the molecule is CCOCCN(CCCS(N)(=O)=O)CCOCC. The van der Waals surface area contributed by atoms with Crippen LogP contribution in [-0.4, -0.2) is 65.1 Å². The number of ether oxygens (including phenoxy) is 2. The number of nitrogens with two attached hydrogens (primary N) is 1. The Bertz CT molecular complexity index is 273. The van der Waals surface area contributed by atoms with Gasteiger partial charge in [0.15, 0.2) is 0 Å². The summed E-state index contributed by atoms with van der Waals surface area (Å²) in [5, 5.41) is 4.97. The molecule has 18 heavy (non-hydrogen) atoms. The second-order valence-corrected chi connectivity index (χ2v) is 5.69. The molecule has 0 aromatic rings. The predicted molar refractivity (Wildman–Crippen MR) is 72.0 cm³/mol. The fourth-order valence-corrected chi connectivity index (χ4v) is 2.03. The molecule has 0 unspecified atom stereocenters. The van der Waals surface area contributed by atoms with Crippen LogP contribution in [-0.2, 0) is 19.5 Å². The predicted octanol–water partition coefficient (Wildman–Crippen LogP) is 0.0400. The third-order valence-corrected chi connectivity index (χ3v) is 3.27. The van der Waals surface area contributed by atoms with Gasteiger partial charge < -0.3 is 9.47 Å². The Balaban J connectivity index is 3.87. The lowest BCUT2D eigenvalue weighted by atomic mass is 10.4. The molecule has 0 aromatic carbocycles. The minimum atomic E-state index is -3.36. The lowest BCUT2D eigenvalue weighted by Gasteiger charge is -2.21. The average molecular weight is 282 g/mol. The highest BCUT2D eigenvalue weighted by Gasteiger charge is 2.07. The molecule has 0 heterocycles. The first kappa shape index (κ1) is 17.8. The van der Waals surface area contributed by atoms with Gasteiger partial charge in [-0.15, -0.1) is 0 Å². The maximum absolute atomic E-state index is 10.8. The summed E-state index contributed by atoms with van der Waals surface area (Å²) in [5.74, 6) is 0.0206. The van der Waals surface area contributed by atoms with Crippen LogP contribution in [0, 0.1) is 0 Å². The molecule has 0 aliphatic heterocycles. The topological polar surface area (TPSA) is 81.9 Å². The molecule has 6 nitrogen and oxygen atoms in total. The summed E-state index contributed by atoms with van der Waals surface area (Å²) < 4.78 is 32.3. The van der Waals surface area contributed by atoms with E-state index in [1.165, 1.54) is 0 Å². The van der Waals surface area contributed by atoms with Gasteiger partial charge in [-0.3, -0.25) is 4.90 Å². The highest BCUT2D eigenvalue weighted by Crippen LogP contribution is 1.95. The third kappa shape index (κ3) is 12.3. The molecule has 0 aliphatic carbocycles. The molecule has 0 fully saturated rings. The van der Waals surface area contributed by atoms with Crippen LogP contribution in [0.1, 0.15) is 20.3 Å². The number of primary sulfonamides is 1. The Hall–Kier alpha value is -0.210. The molecule has 0 amide bonds. The summed E-state index contributed by atoms with van der Waals surface area (Å²) in [5.41, 5.74) is 0. The lowest BCUT2D eigenvalue weighted by molar-refractivity contribution is 0.0830. The van der Waals surface area contributed by atoms with Gasteiger partial charge in [0.2, 0.25) is 10.0 Å². The van der Waals surface area contributed by atoms with Crippen molar-refractivity contribution in [2.75, 3.05) is 51.8 Å². The van der Waals surface area contributed by atoms with Gasteiger partial charge in [-0.2, -0.15) is 0 Å². The summed E-state index contributed by atoms with van der Waals surface area (Å²) in [6.45, 7) is 8.84. The van der Waals surface area contributed by atoms with E-state index in [1.807, 2.05) is 13.8 Å². The van der Waals surface area contributed by atoms with E-state index in [1.54, 1.807) is 0 Å². The Morgan fingerprint density at radius 2 is 1.50 bits per heavy atom. The number of hydrogen-bond donors (Lipinski definition) is 1.